The summed E-state index contributed by atoms with van der Waals surface area (Å²) in [7, 11) is 1.38. The van der Waals surface area contributed by atoms with Gasteiger partial charge in [0.2, 0.25) is 0 Å². The number of ether oxygens (including phenoxy) is 2. The Morgan fingerprint density at radius 3 is 2.56 bits per heavy atom. The van der Waals surface area contributed by atoms with E-state index in [4.69, 9.17) is 14.5 Å². The molecule has 1 saturated heterocycles. The first-order chi connectivity index (χ1) is 17.1. The minimum absolute atomic E-state index is 0.371. The molecule has 1 fully saturated rings. The summed E-state index contributed by atoms with van der Waals surface area (Å²) in [4.78, 5) is 32.1. The van der Waals surface area contributed by atoms with Crippen LogP contribution in [0, 0.1) is 0 Å². The van der Waals surface area contributed by atoms with Gasteiger partial charge in [0.15, 0.2) is 0 Å². The van der Waals surface area contributed by atoms with E-state index < -0.39 is 11.7 Å². The van der Waals surface area contributed by atoms with Crippen LogP contribution in [0.15, 0.2) is 48.7 Å². The van der Waals surface area contributed by atoms with Crippen LogP contribution in [0.5, 0.6) is 0 Å². The Morgan fingerprint density at radius 2 is 1.86 bits per heavy atom. The quantitative estimate of drug-likeness (QED) is 0.338. The van der Waals surface area contributed by atoms with Crippen LogP contribution in [-0.2, 0) is 9.47 Å². The fraction of sp³-hybridized carbons (Fsp3) is 0.357. The van der Waals surface area contributed by atoms with Crippen LogP contribution >= 0.6 is 0 Å². The van der Waals surface area contributed by atoms with Gasteiger partial charge < -0.3 is 14.4 Å². The molecule has 0 spiro atoms. The summed E-state index contributed by atoms with van der Waals surface area (Å²) < 4.78 is 11.7. The summed E-state index contributed by atoms with van der Waals surface area (Å²) in [5.41, 5.74) is 4.15. The summed E-state index contributed by atoms with van der Waals surface area (Å²) >= 11 is 0. The van der Waals surface area contributed by atoms with E-state index in [2.05, 4.69) is 23.0 Å². The van der Waals surface area contributed by atoms with Crippen LogP contribution in [0.4, 0.5) is 10.5 Å². The first-order valence-electron chi connectivity index (χ1n) is 12.2. The SMILES string of the molecule is COC(=O)c1ccc2nc(-c3ccc4c(cnn4C(=O)OC(C)(C)C)c3)c(N3CCC[C@@H]3C)cc2c1. The van der Waals surface area contributed by atoms with Crippen molar-refractivity contribution in [1.82, 2.24) is 14.8 Å². The van der Waals surface area contributed by atoms with E-state index in [1.54, 1.807) is 12.3 Å². The zero-order chi connectivity index (χ0) is 25.6. The molecule has 0 radical (unpaired) electrons. The summed E-state index contributed by atoms with van der Waals surface area (Å²) in [5.74, 6) is -0.371. The van der Waals surface area contributed by atoms with Crippen molar-refractivity contribution >= 4 is 39.6 Å². The van der Waals surface area contributed by atoms with Crippen LogP contribution in [0.2, 0.25) is 0 Å². The van der Waals surface area contributed by atoms with Crippen LogP contribution in [0.3, 0.4) is 0 Å². The van der Waals surface area contributed by atoms with Crippen molar-refractivity contribution in [2.75, 3.05) is 18.6 Å². The average molecular weight is 487 g/mol. The van der Waals surface area contributed by atoms with Crippen LogP contribution in [0.1, 0.15) is 50.9 Å². The predicted molar refractivity (Wildman–Crippen MR) is 139 cm³/mol. The number of carbonyl (C=O) groups is 2. The van der Waals surface area contributed by atoms with Gasteiger partial charge in [0.25, 0.3) is 0 Å². The van der Waals surface area contributed by atoms with E-state index in [9.17, 15) is 9.59 Å². The second-order valence-electron chi connectivity index (χ2n) is 10.3. The van der Waals surface area contributed by atoms with Gasteiger partial charge in [0, 0.05) is 28.9 Å². The summed E-state index contributed by atoms with van der Waals surface area (Å²) in [5, 5.41) is 5.98. The van der Waals surface area contributed by atoms with Gasteiger partial charge >= 0.3 is 12.1 Å². The van der Waals surface area contributed by atoms with Gasteiger partial charge in [-0.15, -0.1) is 0 Å². The lowest BCUT2D eigenvalue weighted by Crippen LogP contribution is -2.27. The largest absolute Gasteiger partial charge is 0.465 e. The van der Waals surface area contributed by atoms with Crippen molar-refractivity contribution in [2.45, 2.75) is 52.2 Å². The normalized spacial score (nSPS) is 16.0. The minimum Gasteiger partial charge on any atom is -0.465 e. The molecule has 186 valence electrons. The van der Waals surface area contributed by atoms with E-state index in [-0.39, 0.29) is 5.97 Å². The lowest BCUT2D eigenvalue weighted by Gasteiger charge is -2.26. The third kappa shape index (κ3) is 4.39. The number of aromatic nitrogens is 3. The summed E-state index contributed by atoms with van der Waals surface area (Å²) in [6.45, 7) is 8.65. The standard InChI is InChI=1S/C28H30N4O4/c1-17-7-6-12-31(17)24-15-20-14-19(26(33)35-5)8-10-22(20)30-25(24)18-9-11-23-21(13-18)16-29-32(23)27(34)36-28(2,3)4/h8-11,13-17H,6-7,12H2,1-5H3/t17-/m0/s1. The number of benzene rings is 2. The Balaban J connectivity index is 1.62. The summed E-state index contributed by atoms with van der Waals surface area (Å²) in [6, 6.07) is 13.8. The van der Waals surface area contributed by atoms with Crippen molar-refractivity contribution in [1.29, 1.82) is 0 Å². The molecule has 2 aromatic heterocycles. The number of pyridine rings is 1. The van der Waals surface area contributed by atoms with Gasteiger partial charge in [-0.3, -0.25) is 0 Å². The maximum atomic E-state index is 12.6. The van der Waals surface area contributed by atoms with Gasteiger partial charge in [0.05, 0.1) is 41.3 Å². The van der Waals surface area contributed by atoms with E-state index in [1.165, 1.54) is 11.8 Å². The third-order valence-electron chi connectivity index (χ3n) is 6.49. The first-order valence-corrected chi connectivity index (χ1v) is 12.2. The van der Waals surface area contributed by atoms with Crippen LogP contribution in [0.25, 0.3) is 33.1 Å². The Hall–Kier alpha value is -3.94. The van der Waals surface area contributed by atoms with Gasteiger partial charge in [-0.1, -0.05) is 6.07 Å². The number of nitrogens with zero attached hydrogens (tertiary/aromatic N) is 4. The second kappa shape index (κ2) is 8.93. The van der Waals surface area contributed by atoms with Crippen molar-refractivity contribution in [2.24, 2.45) is 0 Å². The fourth-order valence-corrected chi connectivity index (χ4v) is 4.76. The van der Waals surface area contributed by atoms with Gasteiger partial charge in [-0.2, -0.15) is 9.78 Å². The molecule has 8 nitrogen and oxygen atoms in total. The number of esters is 1. The molecular formula is C28H30N4O4. The minimum atomic E-state index is -0.612. The molecule has 1 atom stereocenters. The highest BCUT2D eigenvalue weighted by molar-refractivity contribution is 5.98. The number of rotatable bonds is 3. The van der Waals surface area contributed by atoms with Gasteiger partial charge in [0.1, 0.15) is 5.60 Å². The topological polar surface area (TPSA) is 86.5 Å². The zero-order valence-electron chi connectivity index (χ0n) is 21.2. The Morgan fingerprint density at radius 1 is 1.06 bits per heavy atom. The Bertz CT molecular complexity index is 1480. The Kier molecular flexibility index (Phi) is 5.90. The monoisotopic (exact) mass is 486 g/mol. The molecule has 1 aliphatic rings. The average Bonchev–Trinajstić information content (AvgIpc) is 3.46. The first kappa shape index (κ1) is 23.8. The molecule has 8 heteroatoms. The number of anilines is 1. The Labute approximate surface area is 209 Å². The number of methoxy groups -OCH3 is 1. The predicted octanol–water partition coefficient (Wildman–Crippen LogP) is 5.81. The number of hydrogen-bond acceptors (Lipinski definition) is 7. The molecule has 2 aromatic carbocycles. The zero-order valence-corrected chi connectivity index (χ0v) is 21.2. The molecule has 1 aliphatic heterocycles. The molecule has 4 aromatic rings. The maximum Gasteiger partial charge on any atom is 0.435 e. The molecule has 0 amide bonds. The van der Waals surface area contributed by atoms with Crippen LogP contribution < -0.4 is 4.90 Å². The molecule has 3 heterocycles. The van der Waals surface area contributed by atoms with Crippen molar-refractivity contribution < 1.29 is 19.1 Å². The van der Waals surface area contributed by atoms with Crippen molar-refractivity contribution in [3.8, 4) is 11.3 Å². The maximum absolute atomic E-state index is 12.6. The van der Waals surface area contributed by atoms with E-state index in [0.29, 0.717) is 17.1 Å². The number of hydrogen-bond donors (Lipinski definition) is 0. The summed E-state index contributed by atoms with van der Waals surface area (Å²) in [6.07, 6.45) is 3.39. The number of fused-ring (bicyclic) bond motifs is 2. The third-order valence-corrected chi connectivity index (χ3v) is 6.49. The molecule has 0 saturated carbocycles. The number of carbonyl (C=O) groups excluding carboxylic acids is 2. The molecule has 0 aliphatic carbocycles. The lowest BCUT2D eigenvalue weighted by molar-refractivity contribution is 0.0521. The van der Waals surface area contributed by atoms with Gasteiger partial charge in [-0.25, -0.2) is 14.6 Å². The highest BCUT2D eigenvalue weighted by atomic mass is 16.6. The molecule has 0 N–H and O–H groups in total. The van der Waals surface area contributed by atoms with E-state index in [1.807, 2.05) is 51.1 Å². The second-order valence-corrected chi connectivity index (χ2v) is 10.3. The highest BCUT2D eigenvalue weighted by Crippen LogP contribution is 2.37. The highest BCUT2D eigenvalue weighted by Gasteiger charge is 2.26. The van der Waals surface area contributed by atoms with Crippen molar-refractivity contribution in [3.05, 3.63) is 54.2 Å². The smallest absolute Gasteiger partial charge is 0.435 e. The molecule has 5 rings (SSSR count). The van der Waals surface area contributed by atoms with Gasteiger partial charge in [-0.05, 0) is 76.9 Å². The molecule has 0 unspecified atom stereocenters. The molecular weight excluding hydrogens is 456 g/mol. The lowest BCUT2D eigenvalue weighted by atomic mass is 10.0. The van der Waals surface area contributed by atoms with Crippen molar-refractivity contribution in [3.63, 3.8) is 0 Å². The van der Waals surface area contributed by atoms with Crippen LogP contribution in [-0.4, -0.2) is 52.1 Å². The van der Waals surface area contributed by atoms with E-state index >= 15 is 0 Å². The fourth-order valence-electron chi connectivity index (χ4n) is 4.76. The molecule has 0 bridgehead atoms. The van der Waals surface area contributed by atoms with E-state index in [0.717, 1.165) is 52.6 Å². The molecule has 36 heavy (non-hydrogen) atoms.